The number of hydrogen-bond donors (Lipinski definition) is 1. The third kappa shape index (κ3) is 2.97. The Bertz CT molecular complexity index is 230. The molecule has 0 radical (unpaired) electrons. The zero-order valence-electron chi connectivity index (χ0n) is 10.9. The molecule has 1 aliphatic rings. The molecule has 3 heteroatoms. The second kappa shape index (κ2) is 6.24. The van der Waals surface area contributed by atoms with Gasteiger partial charge in [0.25, 0.3) is 0 Å². The molecule has 2 N–H and O–H groups in total. The Morgan fingerprint density at radius 2 is 2.06 bits per heavy atom. The van der Waals surface area contributed by atoms with Gasteiger partial charge in [0.2, 0.25) is 5.91 Å². The van der Waals surface area contributed by atoms with Gasteiger partial charge in [0.1, 0.15) is 0 Å². The largest absolute Gasteiger partial charge is 0.343 e. The van der Waals surface area contributed by atoms with Crippen LogP contribution in [0.25, 0.3) is 0 Å². The van der Waals surface area contributed by atoms with Gasteiger partial charge in [-0.25, -0.2) is 0 Å². The summed E-state index contributed by atoms with van der Waals surface area (Å²) in [7, 11) is 1.93. The van der Waals surface area contributed by atoms with Gasteiger partial charge in [-0.05, 0) is 38.6 Å². The van der Waals surface area contributed by atoms with Gasteiger partial charge in [-0.1, -0.05) is 19.8 Å². The van der Waals surface area contributed by atoms with Crippen LogP contribution in [0.5, 0.6) is 0 Å². The van der Waals surface area contributed by atoms with Gasteiger partial charge in [-0.3, -0.25) is 4.79 Å². The second-order valence-corrected chi connectivity index (χ2v) is 5.09. The van der Waals surface area contributed by atoms with Crippen molar-refractivity contribution >= 4 is 5.91 Å². The molecule has 0 heterocycles. The van der Waals surface area contributed by atoms with Crippen molar-refractivity contribution in [3.8, 4) is 0 Å². The van der Waals surface area contributed by atoms with Crippen molar-refractivity contribution in [2.24, 2.45) is 17.6 Å². The zero-order chi connectivity index (χ0) is 12.1. The van der Waals surface area contributed by atoms with Crippen LogP contribution in [0.1, 0.15) is 46.0 Å². The van der Waals surface area contributed by atoms with Gasteiger partial charge in [0.05, 0.1) is 0 Å². The summed E-state index contributed by atoms with van der Waals surface area (Å²) in [5.41, 5.74) is 5.77. The van der Waals surface area contributed by atoms with E-state index in [1.807, 2.05) is 11.9 Å². The Kier molecular flexibility index (Phi) is 5.26. The van der Waals surface area contributed by atoms with E-state index in [2.05, 4.69) is 13.8 Å². The Morgan fingerprint density at radius 1 is 1.44 bits per heavy atom. The van der Waals surface area contributed by atoms with Crippen molar-refractivity contribution in [2.45, 2.75) is 52.0 Å². The number of hydrogen-bond acceptors (Lipinski definition) is 2. The van der Waals surface area contributed by atoms with Crippen LogP contribution in [-0.2, 0) is 4.79 Å². The van der Waals surface area contributed by atoms with E-state index < -0.39 is 0 Å². The average Bonchev–Trinajstić information content (AvgIpc) is 2.35. The monoisotopic (exact) mass is 226 g/mol. The van der Waals surface area contributed by atoms with E-state index in [4.69, 9.17) is 5.73 Å². The highest BCUT2D eigenvalue weighted by atomic mass is 16.2. The van der Waals surface area contributed by atoms with E-state index >= 15 is 0 Å². The summed E-state index contributed by atoms with van der Waals surface area (Å²) >= 11 is 0. The highest BCUT2D eigenvalue weighted by molar-refractivity contribution is 5.79. The fourth-order valence-corrected chi connectivity index (χ4v) is 2.57. The first-order valence-corrected chi connectivity index (χ1v) is 6.58. The average molecular weight is 226 g/mol. The minimum absolute atomic E-state index is 0.178. The van der Waals surface area contributed by atoms with E-state index in [0.29, 0.717) is 24.4 Å². The Balaban J connectivity index is 2.63. The lowest BCUT2D eigenvalue weighted by Crippen LogP contribution is -2.43. The molecule has 94 valence electrons. The van der Waals surface area contributed by atoms with Gasteiger partial charge in [-0.2, -0.15) is 0 Å². The second-order valence-electron chi connectivity index (χ2n) is 5.09. The molecule has 0 aromatic rings. The predicted molar refractivity (Wildman–Crippen MR) is 67.0 cm³/mol. The van der Waals surface area contributed by atoms with Crippen molar-refractivity contribution in [3.05, 3.63) is 0 Å². The molecule has 16 heavy (non-hydrogen) atoms. The number of amides is 1. The molecule has 0 aromatic carbocycles. The van der Waals surface area contributed by atoms with Gasteiger partial charge in [0, 0.05) is 19.0 Å². The smallest absolute Gasteiger partial charge is 0.225 e. The lowest BCUT2D eigenvalue weighted by Gasteiger charge is -2.34. The summed E-state index contributed by atoms with van der Waals surface area (Å²) in [5.74, 6) is 0.898. The van der Waals surface area contributed by atoms with E-state index in [1.54, 1.807) is 0 Å². The first kappa shape index (κ1) is 13.5. The maximum absolute atomic E-state index is 12.3. The first-order valence-electron chi connectivity index (χ1n) is 6.58. The molecule has 0 aliphatic heterocycles. The molecule has 1 fully saturated rings. The highest BCUT2D eigenvalue weighted by Gasteiger charge is 2.32. The molecule has 0 saturated heterocycles. The van der Waals surface area contributed by atoms with Crippen LogP contribution < -0.4 is 5.73 Å². The van der Waals surface area contributed by atoms with Crippen molar-refractivity contribution in [2.75, 3.05) is 13.6 Å². The first-order chi connectivity index (χ1) is 7.61. The molecule has 0 bridgehead atoms. The fourth-order valence-electron chi connectivity index (χ4n) is 2.57. The summed E-state index contributed by atoms with van der Waals surface area (Å²) in [5, 5.41) is 0. The molecule has 3 unspecified atom stereocenters. The van der Waals surface area contributed by atoms with Gasteiger partial charge in [0.15, 0.2) is 0 Å². The zero-order valence-corrected chi connectivity index (χ0v) is 10.9. The standard InChI is InChI=1S/C13H26N2O/c1-4-10(2)15(3)13(16)12-8-6-5-7-11(12)9-14/h10-12H,4-9,14H2,1-3H3. The molecule has 1 saturated carbocycles. The maximum atomic E-state index is 12.3. The minimum Gasteiger partial charge on any atom is -0.343 e. The van der Waals surface area contributed by atoms with Crippen molar-refractivity contribution < 1.29 is 4.79 Å². The van der Waals surface area contributed by atoms with Crippen LogP contribution in [0, 0.1) is 11.8 Å². The summed E-state index contributed by atoms with van der Waals surface area (Å²) in [4.78, 5) is 14.3. The molecule has 0 spiro atoms. The highest BCUT2D eigenvalue weighted by Crippen LogP contribution is 2.31. The number of rotatable bonds is 4. The summed E-state index contributed by atoms with van der Waals surface area (Å²) in [6, 6.07) is 0.341. The quantitative estimate of drug-likeness (QED) is 0.797. The topological polar surface area (TPSA) is 46.3 Å². The third-order valence-electron chi connectivity index (χ3n) is 4.13. The molecular formula is C13H26N2O. The number of carbonyl (C=O) groups is 1. The van der Waals surface area contributed by atoms with E-state index in [0.717, 1.165) is 19.3 Å². The normalized spacial score (nSPS) is 27.5. The molecule has 3 atom stereocenters. The number of nitrogens with two attached hydrogens (primary N) is 1. The Hall–Kier alpha value is -0.570. The molecular weight excluding hydrogens is 200 g/mol. The lowest BCUT2D eigenvalue weighted by atomic mass is 9.78. The summed E-state index contributed by atoms with van der Waals surface area (Å²) in [6.45, 7) is 4.89. The van der Waals surface area contributed by atoms with Gasteiger partial charge in [-0.15, -0.1) is 0 Å². The molecule has 1 amide bonds. The minimum atomic E-state index is 0.178. The molecule has 1 rings (SSSR count). The Morgan fingerprint density at radius 3 is 2.62 bits per heavy atom. The Labute approximate surface area is 99.4 Å². The van der Waals surface area contributed by atoms with E-state index in [9.17, 15) is 4.79 Å². The van der Waals surface area contributed by atoms with Gasteiger partial charge < -0.3 is 10.6 Å². The van der Waals surface area contributed by atoms with Gasteiger partial charge >= 0.3 is 0 Å². The summed E-state index contributed by atoms with van der Waals surface area (Å²) in [6.07, 6.45) is 5.59. The van der Waals surface area contributed by atoms with E-state index in [1.165, 1.54) is 12.8 Å². The van der Waals surface area contributed by atoms with Crippen LogP contribution in [0.2, 0.25) is 0 Å². The molecule has 0 aromatic heterocycles. The predicted octanol–water partition coefficient (Wildman–Crippen LogP) is 2.01. The molecule has 3 nitrogen and oxygen atoms in total. The van der Waals surface area contributed by atoms with Crippen LogP contribution in [-0.4, -0.2) is 30.4 Å². The maximum Gasteiger partial charge on any atom is 0.225 e. The van der Waals surface area contributed by atoms with Crippen LogP contribution >= 0.6 is 0 Å². The fraction of sp³-hybridized carbons (Fsp3) is 0.923. The van der Waals surface area contributed by atoms with Crippen molar-refractivity contribution in [3.63, 3.8) is 0 Å². The van der Waals surface area contributed by atoms with Crippen LogP contribution in [0.3, 0.4) is 0 Å². The number of carbonyl (C=O) groups excluding carboxylic acids is 1. The van der Waals surface area contributed by atoms with Crippen LogP contribution in [0.15, 0.2) is 0 Å². The van der Waals surface area contributed by atoms with Crippen molar-refractivity contribution in [1.29, 1.82) is 0 Å². The lowest BCUT2D eigenvalue weighted by molar-refractivity contribution is -0.139. The number of nitrogens with zero attached hydrogens (tertiary/aromatic N) is 1. The molecule has 1 aliphatic carbocycles. The van der Waals surface area contributed by atoms with Crippen molar-refractivity contribution in [1.82, 2.24) is 4.90 Å². The van der Waals surface area contributed by atoms with E-state index in [-0.39, 0.29) is 5.92 Å². The third-order valence-corrected chi connectivity index (χ3v) is 4.13. The SMILES string of the molecule is CCC(C)N(C)C(=O)C1CCCCC1CN. The van der Waals surface area contributed by atoms with Crippen LogP contribution in [0.4, 0.5) is 0 Å². The summed E-state index contributed by atoms with van der Waals surface area (Å²) < 4.78 is 0.